The summed E-state index contributed by atoms with van der Waals surface area (Å²) in [7, 11) is -3.46. The maximum Gasteiger partial charge on any atom is 0.243 e. The molecular formula is C24H29N5O3S. The van der Waals surface area contributed by atoms with Crippen LogP contribution in [0.15, 0.2) is 53.6 Å². The van der Waals surface area contributed by atoms with Gasteiger partial charge in [-0.2, -0.15) is 4.31 Å². The number of pyridine rings is 1. The minimum Gasteiger partial charge on any atom is -0.342 e. The summed E-state index contributed by atoms with van der Waals surface area (Å²) in [6, 6.07) is 12.6. The van der Waals surface area contributed by atoms with Crippen molar-refractivity contribution in [3.8, 4) is 0 Å². The Hall–Kier alpha value is -2.78. The average Bonchev–Trinajstić information content (AvgIpc) is 3.29. The predicted octanol–water partition coefficient (Wildman–Crippen LogP) is 2.85. The summed E-state index contributed by atoms with van der Waals surface area (Å²) < 4.78 is 29.3. The van der Waals surface area contributed by atoms with Crippen LogP contribution in [-0.4, -0.2) is 64.3 Å². The number of aromatic nitrogens is 3. The zero-order chi connectivity index (χ0) is 22.8. The Morgan fingerprint density at radius 1 is 0.939 bits per heavy atom. The van der Waals surface area contributed by atoms with Crippen LogP contribution in [0.25, 0.3) is 5.65 Å². The van der Waals surface area contributed by atoms with E-state index in [1.165, 1.54) is 0 Å². The Balaban J connectivity index is 1.24. The SMILES string of the molecule is O=C(Cc1ccc(S(=O)(=O)N2CCCCC2)cc1)N1CCCC(c2nnc3ccccn23)C1. The van der Waals surface area contributed by atoms with E-state index >= 15 is 0 Å². The third-order valence-corrected chi connectivity index (χ3v) is 8.62. The number of likely N-dealkylation sites (tertiary alicyclic amines) is 1. The lowest BCUT2D eigenvalue weighted by Crippen LogP contribution is -2.40. The maximum absolute atomic E-state index is 13.0. The molecule has 4 heterocycles. The molecule has 9 heteroatoms. The number of sulfonamides is 1. The smallest absolute Gasteiger partial charge is 0.243 e. The molecule has 8 nitrogen and oxygen atoms in total. The lowest BCUT2D eigenvalue weighted by molar-refractivity contribution is -0.131. The largest absolute Gasteiger partial charge is 0.342 e. The molecule has 2 aliphatic heterocycles. The first-order valence-corrected chi connectivity index (χ1v) is 13.1. The molecule has 1 amide bonds. The van der Waals surface area contributed by atoms with Crippen LogP contribution in [-0.2, 0) is 21.2 Å². The number of carbonyl (C=O) groups excluding carboxylic acids is 1. The zero-order valence-corrected chi connectivity index (χ0v) is 19.5. The van der Waals surface area contributed by atoms with E-state index in [1.807, 2.05) is 33.7 Å². The predicted molar refractivity (Wildman–Crippen MR) is 124 cm³/mol. The highest BCUT2D eigenvalue weighted by molar-refractivity contribution is 7.89. The summed E-state index contributed by atoms with van der Waals surface area (Å²) >= 11 is 0. The number of hydrogen-bond acceptors (Lipinski definition) is 5. The second-order valence-electron chi connectivity index (χ2n) is 8.95. The molecule has 5 rings (SSSR count). The number of fused-ring (bicyclic) bond motifs is 1. The highest BCUT2D eigenvalue weighted by Gasteiger charge is 2.29. The summed E-state index contributed by atoms with van der Waals surface area (Å²) in [4.78, 5) is 15.2. The first-order chi connectivity index (χ1) is 16.0. The van der Waals surface area contributed by atoms with Crippen LogP contribution in [0.5, 0.6) is 0 Å². The lowest BCUT2D eigenvalue weighted by Gasteiger charge is -2.32. The Kier molecular flexibility index (Phi) is 6.16. The summed E-state index contributed by atoms with van der Waals surface area (Å²) in [5.41, 5.74) is 1.64. The zero-order valence-electron chi connectivity index (χ0n) is 18.6. The molecule has 0 aliphatic carbocycles. The van der Waals surface area contributed by atoms with Gasteiger partial charge in [0.1, 0.15) is 5.82 Å². The summed E-state index contributed by atoms with van der Waals surface area (Å²) in [6.07, 6.45) is 7.02. The molecule has 1 aromatic carbocycles. The van der Waals surface area contributed by atoms with Gasteiger partial charge in [0.05, 0.1) is 11.3 Å². The monoisotopic (exact) mass is 467 g/mol. The van der Waals surface area contributed by atoms with Gasteiger partial charge in [-0.1, -0.05) is 24.6 Å². The van der Waals surface area contributed by atoms with Crippen molar-refractivity contribution in [3.63, 3.8) is 0 Å². The van der Waals surface area contributed by atoms with Crippen LogP contribution in [0.4, 0.5) is 0 Å². The second-order valence-corrected chi connectivity index (χ2v) is 10.9. The second kappa shape index (κ2) is 9.23. The average molecular weight is 468 g/mol. The third kappa shape index (κ3) is 4.52. The molecule has 0 saturated carbocycles. The van der Waals surface area contributed by atoms with Crippen molar-refractivity contribution in [2.75, 3.05) is 26.2 Å². The molecule has 174 valence electrons. The van der Waals surface area contributed by atoms with Gasteiger partial charge in [-0.25, -0.2) is 8.42 Å². The molecule has 0 bridgehead atoms. The fourth-order valence-electron chi connectivity index (χ4n) is 4.87. The molecule has 3 aromatic rings. The van der Waals surface area contributed by atoms with Gasteiger partial charge in [0.2, 0.25) is 15.9 Å². The lowest BCUT2D eigenvalue weighted by atomic mass is 9.96. The van der Waals surface area contributed by atoms with Gasteiger partial charge >= 0.3 is 0 Å². The van der Waals surface area contributed by atoms with Gasteiger partial charge in [-0.15, -0.1) is 10.2 Å². The number of carbonyl (C=O) groups is 1. The number of hydrogen-bond donors (Lipinski definition) is 0. The maximum atomic E-state index is 13.0. The van der Waals surface area contributed by atoms with Crippen molar-refractivity contribution in [3.05, 3.63) is 60.0 Å². The Morgan fingerprint density at radius 3 is 2.52 bits per heavy atom. The van der Waals surface area contributed by atoms with E-state index in [4.69, 9.17) is 0 Å². The Morgan fingerprint density at radius 2 is 1.73 bits per heavy atom. The standard InChI is InChI=1S/C24H29N5O3S/c30-23(17-19-9-11-21(12-10-19)33(31,32)28-14-3-1-4-15-28)27-13-6-7-20(18-27)24-26-25-22-8-2-5-16-29(22)24/h2,5,8-12,16,20H,1,3-4,6-7,13-15,17-18H2. The first kappa shape index (κ1) is 22.0. The van der Waals surface area contributed by atoms with Crippen LogP contribution in [0.1, 0.15) is 49.4 Å². The molecule has 0 N–H and O–H groups in total. The molecule has 33 heavy (non-hydrogen) atoms. The molecule has 1 atom stereocenters. The van der Waals surface area contributed by atoms with Crippen LogP contribution >= 0.6 is 0 Å². The molecule has 0 spiro atoms. The van der Waals surface area contributed by atoms with Crippen molar-refractivity contribution in [1.29, 1.82) is 0 Å². The molecule has 2 saturated heterocycles. The fraction of sp³-hybridized carbons (Fsp3) is 0.458. The fourth-order valence-corrected chi connectivity index (χ4v) is 6.39. The van der Waals surface area contributed by atoms with Gasteiger partial charge in [-0.3, -0.25) is 9.20 Å². The molecule has 2 fully saturated rings. The number of amides is 1. The topological polar surface area (TPSA) is 87.9 Å². The van der Waals surface area contributed by atoms with Crippen molar-refractivity contribution < 1.29 is 13.2 Å². The number of nitrogens with zero attached hydrogens (tertiary/aromatic N) is 5. The van der Waals surface area contributed by atoms with Crippen molar-refractivity contribution in [2.24, 2.45) is 0 Å². The number of rotatable bonds is 5. The highest BCUT2D eigenvalue weighted by atomic mass is 32.2. The number of piperidine rings is 2. The molecule has 2 aliphatic rings. The van der Waals surface area contributed by atoms with E-state index in [0.717, 1.165) is 55.7 Å². The normalized spacial score (nSPS) is 20.2. The molecular weight excluding hydrogens is 438 g/mol. The van der Waals surface area contributed by atoms with Gasteiger partial charge < -0.3 is 4.90 Å². The first-order valence-electron chi connectivity index (χ1n) is 11.7. The van der Waals surface area contributed by atoms with E-state index in [-0.39, 0.29) is 18.2 Å². The van der Waals surface area contributed by atoms with Crippen molar-refractivity contribution in [2.45, 2.75) is 49.3 Å². The Labute approximate surface area is 194 Å². The molecule has 1 unspecified atom stereocenters. The van der Waals surface area contributed by atoms with Gasteiger partial charge in [0, 0.05) is 38.3 Å². The molecule has 0 radical (unpaired) electrons. The third-order valence-electron chi connectivity index (χ3n) is 6.71. The Bertz CT molecular complexity index is 1230. The van der Waals surface area contributed by atoms with Gasteiger partial charge in [-0.05, 0) is 55.5 Å². The van der Waals surface area contributed by atoms with E-state index in [0.29, 0.717) is 24.5 Å². The van der Waals surface area contributed by atoms with Crippen LogP contribution in [0.3, 0.4) is 0 Å². The minimum atomic E-state index is -3.46. The van der Waals surface area contributed by atoms with Gasteiger partial charge in [0.25, 0.3) is 0 Å². The van der Waals surface area contributed by atoms with Crippen LogP contribution < -0.4 is 0 Å². The molecule has 2 aromatic heterocycles. The van der Waals surface area contributed by atoms with Crippen molar-refractivity contribution in [1.82, 2.24) is 23.8 Å². The van der Waals surface area contributed by atoms with E-state index < -0.39 is 10.0 Å². The summed E-state index contributed by atoms with van der Waals surface area (Å²) in [5.74, 6) is 1.10. The van der Waals surface area contributed by atoms with Crippen LogP contribution in [0.2, 0.25) is 0 Å². The van der Waals surface area contributed by atoms with Gasteiger partial charge in [0.15, 0.2) is 5.65 Å². The summed E-state index contributed by atoms with van der Waals surface area (Å²) in [5, 5.41) is 8.63. The van der Waals surface area contributed by atoms with E-state index in [9.17, 15) is 13.2 Å². The highest BCUT2D eigenvalue weighted by Crippen LogP contribution is 2.27. The quantitative estimate of drug-likeness (QED) is 0.576. The van der Waals surface area contributed by atoms with Crippen LogP contribution in [0, 0.1) is 0 Å². The van der Waals surface area contributed by atoms with E-state index in [1.54, 1.807) is 28.6 Å². The summed E-state index contributed by atoms with van der Waals surface area (Å²) in [6.45, 7) is 2.52. The van der Waals surface area contributed by atoms with Crippen molar-refractivity contribution >= 4 is 21.6 Å². The number of benzene rings is 1. The van der Waals surface area contributed by atoms with E-state index in [2.05, 4.69) is 10.2 Å². The minimum absolute atomic E-state index is 0.0557.